The highest BCUT2D eigenvalue weighted by Crippen LogP contribution is 2.33. The summed E-state index contributed by atoms with van der Waals surface area (Å²) in [5.74, 6) is -0.321. The Balaban J connectivity index is 2.34. The average Bonchev–Trinajstić information content (AvgIpc) is 2.37. The second-order valence-corrected chi connectivity index (χ2v) is 5.60. The molecule has 0 aliphatic heterocycles. The van der Waals surface area contributed by atoms with Crippen LogP contribution in [0.2, 0.25) is 10.0 Å². The third-order valence-electron chi connectivity index (χ3n) is 2.92. The van der Waals surface area contributed by atoms with Crippen molar-refractivity contribution in [1.29, 1.82) is 0 Å². The molecule has 4 nitrogen and oxygen atoms in total. The van der Waals surface area contributed by atoms with E-state index in [4.69, 9.17) is 23.2 Å². The van der Waals surface area contributed by atoms with Gasteiger partial charge >= 0.3 is 0 Å². The molecule has 0 fully saturated rings. The predicted molar refractivity (Wildman–Crippen MR) is 87.7 cm³/mol. The molecule has 6 heteroatoms. The molecule has 0 bridgehead atoms. The van der Waals surface area contributed by atoms with Gasteiger partial charge in [0.15, 0.2) is 0 Å². The van der Waals surface area contributed by atoms with E-state index in [0.29, 0.717) is 21.3 Å². The van der Waals surface area contributed by atoms with Crippen LogP contribution in [0, 0.1) is 6.92 Å². The van der Waals surface area contributed by atoms with Crippen molar-refractivity contribution in [3.63, 3.8) is 0 Å². The lowest BCUT2D eigenvalue weighted by Gasteiger charge is -2.19. The molecule has 1 heterocycles. The van der Waals surface area contributed by atoms with Gasteiger partial charge in [-0.25, -0.2) is 0 Å². The van der Waals surface area contributed by atoms with Gasteiger partial charge in [-0.1, -0.05) is 29.3 Å². The number of carbonyl (C=O) groups excluding carboxylic acids is 1. The summed E-state index contributed by atoms with van der Waals surface area (Å²) in [5, 5.41) is 3.75. The fourth-order valence-corrected chi connectivity index (χ4v) is 2.59. The summed E-state index contributed by atoms with van der Waals surface area (Å²) in [6.07, 6.45) is 1.47. The number of aromatic nitrogens is 1. The zero-order chi connectivity index (χ0) is 15.6. The number of rotatable bonds is 3. The normalized spacial score (nSPS) is 10.3. The maximum Gasteiger partial charge on any atom is 0.258 e. The van der Waals surface area contributed by atoms with E-state index in [0.717, 1.165) is 11.4 Å². The summed E-state index contributed by atoms with van der Waals surface area (Å²) in [7, 11) is 3.72. The molecule has 1 amide bonds. The Morgan fingerprint density at radius 3 is 2.57 bits per heavy atom. The molecule has 0 aliphatic rings. The fourth-order valence-electron chi connectivity index (χ4n) is 1.95. The van der Waals surface area contributed by atoms with Gasteiger partial charge in [-0.2, -0.15) is 0 Å². The zero-order valence-electron chi connectivity index (χ0n) is 11.9. The molecular formula is C15H15Cl2N3O. The van der Waals surface area contributed by atoms with Gasteiger partial charge in [-0.3, -0.25) is 9.78 Å². The SMILES string of the molecule is Cc1cc(Cl)c(C(=O)Nc2cccc(Cl)c2N(C)C)cn1. The van der Waals surface area contributed by atoms with E-state index in [1.807, 2.05) is 25.9 Å². The summed E-state index contributed by atoms with van der Waals surface area (Å²) >= 11 is 12.3. The molecule has 0 atom stereocenters. The topological polar surface area (TPSA) is 45.2 Å². The molecule has 0 aliphatic carbocycles. The van der Waals surface area contributed by atoms with Crippen LogP contribution in [0.1, 0.15) is 16.1 Å². The summed E-state index contributed by atoms with van der Waals surface area (Å²) in [6, 6.07) is 6.99. The van der Waals surface area contributed by atoms with Crippen LogP contribution in [0.25, 0.3) is 0 Å². The van der Waals surface area contributed by atoms with E-state index in [-0.39, 0.29) is 5.91 Å². The number of nitrogens with one attached hydrogen (secondary N) is 1. The lowest BCUT2D eigenvalue weighted by Crippen LogP contribution is -2.17. The molecule has 0 saturated heterocycles. The van der Waals surface area contributed by atoms with Crippen molar-refractivity contribution < 1.29 is 4.79 Å². The van der Waals surface area contributed by atoms with Gasteiger partial charge in [0.25, 0.3) is 5.91 Å². The van der Waals surface area contributed by atoms with Crippen molar-refractivity contribution in [2.45, 2.75) is 6.92 Å². The van der Waals surface area contributed by atoms with Crippen LogP contribution < -0.4 is 10.2 Å². The van der Waals surface area contributed by atoms with Crippen LogP contribution in [0.5, 0.6) is 0 Å². The maximum atomic E-state index is 12.3. The molecule has 2 rings (SSSR count). The summed E-state index contributed by atoms with van der Waals surface area (Å²) < 4.78 is 0. The molecule has 1 N–H and O–H groups in total. The maximum absolute atomic E-state index is 12.3. The molecule has 2 aromatic rings. The Kier molecular flexibility index (Phi) is 4.70. The highest BCUT2D eigenvalue weighted by molar-refractivity contribution is 6.35. The smallest absolute Gasteiger partial charge is 0.258 e. The van der Waals surface area contributed by atoms with Crippen LogP contribution in [-0.4, -0.2) is 25.0 Å². The van der Waals surface area contributed by atoms with Crippen LogP contribution in [0.3, 0.4) is 0 Å². The number of anilines is 2. The lowest BCUT2D eigenvalue weighted by molar-refractivity contribution is 0.102. The summed E-state index contributed by atoms with van der Waals surface area (Å²) in [6.45, 7) is 1.81. The van der Waals surface area contributed by atoms with Crippen molar-refractivity contribution in [1.82, 2.24) is 4.98 Å². The Bertz CT molecular complexity index is 687. The largest absolute Gasteiger partial charge is 0.375 e. The highest BCUT2D eigenvalue weighted by atomic mass is 35.5. The number of benzene rings is 1. The van der Waals surface area contributed by atoms with Crippen molar-refractivity contribution in [3.05, 3.63) is 51.8 Å². The van der Waals surface area contributed by atoms with E-state index in [9.17, 15) is 4.79 Å². The number of hydrogen-bond acceptors (Lipinski definition) is 3. The number of aryl methyl sites for hydroxylation is 1. The fraction of sp³-hybridized carbons (Fsp3) is 0.200. The highest BCUT2D eigenvalue weighted by Gasteiger charge is 2.15. The van der Waals surface area contributed by atoms with Crippen LogP contribution >= 0.6 is 23.2 Å². The van der Waals surface area contributed by atoms with Gasteiger partial charge in [0.2, 0.25) is 0 Å². The molecule has 0 saturated carbocycles. The second kappa shape index (κ2) is 6.33. The first kappa shape index (κ1) is 15.6. The Morgan fingerprint density at radius 2 is 1.95 bits per heavy atom. The van der Waals surface area contributed by atoms with Crippen molar-refractivity contribution >= 4 is 40.5 Å². The minimum absolute atomic E-state index is 0.321. The number of halogens is 2. The van der Waals surface area contributed by atoms with Crippen molar-refractivity contribution in [2.24, 2.45) is 0 Å². The summed E-state index contributed by atoms with van der Waals surface area (Å²) in [4.78, 5) is 18.3. The number of carbonyl (C=O) groups is 1. The molecule has 110 valence electrons. The van der Waals surface area contributed by atoms with Crippen LogP contribution in [-0.2, 0) is 0 Å². The molecule has 1 aromatic carbocycles. The van der Waals surface area contributed by atoms with Gasteiger partial charge < -0.3 is 10.2 Å². The third kappa shape index (κ3) is 3.46. The van der Waals surface area contributed by atoms with Gasteiger partial charge in [0, 0.05) is 26.0 Å². The molecule has 0 unspecified atom stereocenters. The van der Waals surface area contributed by atoms with Gasteiger partial charge in [0.1, 0.15) is 0 Å². The first-order valence-electron chi connectivity index (χ1n) is 6.29. The minimum atomic E-state index is -0.321. The van der Waals surface area contributed by atoms with Gasteiger partial charge in [-0.05, 0) is 25.1 Å². The van der Waals surface area contributed by atoms with E-state index in [2.05, 4.69) is 10.3 Å². The number of nitrogens with zero attached hydrogens (tertiary/aromatic N) is 2. The van der Waals surface area contributed by atoms with Crippen molar-refractivity contribution in [2.75, 3.05) is 24.3 Å². The zero-order valence-corrected chi connectivity index (χ0v) is 13.5. The first-order valence-corrected chi connectivity index (χ1v) is 7.05. The minimum Gasteiger partial charge on any atom is -0.375 e. The number of pyridine rings is 1. The molecule has 0 spiro atoms. The predicted octanol–water partition coefficient (Wildman–Crippen LogP) is 4.02. The molecule has 1 aromatic heterocycles. The van der Waals surface area contributed by atoms with Gasteiger partial charge in [-0.15, -0.1) is 0 Å². The Labute approximate surface area is 133 Å². The first-order chi connectivity index (χ1) is 9.90. The van der Waals surface area contributed by atoms with Crippen LogP contribution in [0.4, 0.5) is 11.4 Å². The molecular weight excluding hydrogens is 309 g/mol. The Hall–Kier alpha value is -1.78. The van der Waals surface area contributed by atoms with E-state index in [1.165, 1.54) is 6.20 Å². The van der Waals surface area contributed by atoms with E-state index in [1.54, 1.807) is 24.3 Å². The number of hydrogen-bond donors (Lipinski definition) is 1. The van der Waals surface area contributed by atoms with E-state index >= 15 is 0 Å². The molecule has 21 heavy (non-hydrogen) atoms. The summed E-state index contributed by atoms with van der Waals surface area (Å²) in [5.41, 5.74) is 2.44. The van der Waals surface area contributed by atoms with E-state index < -0.39 is 0 Å². The third-order valence-corrected chi connectivity index (χ3v) is 3.53. The quantitative estimate of drug-likeness (QED) is 0.928. The van der Waals surface area contributed by atoms with Crippen LogP contribution in [0.15, 0.2) is 30.5 Å². The Morgan fingerprint density at radius 1 is 1.24 bits per heavy atom. The monoisotopic (exact) mass is 323 g/mol. The standard InChI is InChI=1S/C15H15Cl2N3O/c1-9-7-12(17)10(8-18-9)15(21)19-13-6-4-5-11(16)14(13)20(2)3/h4-8H,1-3H3,(H,19,21). The second-order valence-electron chi connectivity index (χ2n) is 4.79. The average molecular weight is 324 g/mol. The van der Waals surface area contributed by atoms with Gasteiger partial charge in [0.05, 0.1) is 27.0 Å². The lowest BCUT2D eigenvalue weighted by atomic mass is 10.2. The molecule has 0 radical (unpaired) electrons. The number of para-hydroxylation sites is 1. The van der Waals surface area contributed by atoms with Crippen molar-refractivity contribution in [3.8, 4) is 0 Å². The number of amides is 1.